The Labute approximate surface area is 171 Å². The van der Waals surface area contributed by atoms with Crippen molar-refractivity contribution in [2.75, 3.05) is 30.4 Å². The second-order valence-electron chi connectivity index (χ2n) is 6.75. The molecule has 0 aliphatic heterocycles. The van der Waals surface area contributed by atoms with E-state index in [2.05, 4.69) is 16.7 Å². The fourth-order valence-electron chi connectivity index (χ4n) is 2.78. The van der Waals surface area contributed by atoms with Crippen molar-refractivity contribution < 1.29 is 14.3 Å². The topological polar surface area (TPSA) is 59.6 Å². The van der Waals surface area contributed by atoms with Gasteiger partial charge in [0, 0.05) is 11.4 Å². The Morgan fingerprint density at radius 1 is 0.828 bits per heavy atom. The maximum atomic E-state index is 12.2. The lowest BCUT2D eigenvalue weighted by atomic mass is 10.1. The maximum absolute atomic E-state index is 12.2. The number of aryl methyl sites for hydroxylation is 2. The van der Waals surface area contributed by atoms with Gasteiger partial charge in [-0.2, -0.15) is 0 Å². The lowest BCUT2D eigenvalue weighted by molar-refractivity contribution is -0.114. The van der Waals surface area contributed by atoms with Gasteiger partial charge in [0.25, 0.3) is 0 Å². The number of para-hydroxylation sites is 1. The van der Waals surface area contributed by atoms with Crippen LogP contribution in [0.1, 0.15) is 11.1 Å². The number of hydrogen-bond acceptors (Lipinski definition) is 4. The van der Waals surface area contributed by atoms with Crippen LogP contribution in [0.4, 0.5) is 11.4 Å². The smallest absolute Gasteiger partial charge is 0.243 e. The van der Waals surface area contributed by atoms with E-state index in [1.54, 1.807) is 0 Å². The van der Waals surface area contributed by atoms with E-state index in [4.69, 9.17) is 9.47 Å². The van der Waals surface area contributed by atoms with E-state index in [0.29, 0.717) is 13.2 Å². The number of carbonyl (C=O) groups excluding carboxylic acids is 1. The van der Waals surface area contributed by atoms with E-state index in [-0.39, 0.29) is 12.5 Å². The van der Waals surface area contributed by atoms with Gasteiger partial charge in [0.15, 0.2) is 0 Å². The predicted molar refractivity (Wildman–Crippen MR) is 117 cm³/mol. The Kier molecular flexibility index (Phi) is 7.11. The number of nitrogens with one attached hydrogen (secondary N) is 2. The van der Waals surface area contributed by atoms with Crippen LogP contribution in [0.2, 0.25) is 0 Å². The summed E-state index contributed by atoms with van der Waals surface area (Å²) < 4.78 is 11.3. The molecule has 0 saturated carbocycles. The third kappa shape index (κ3) is 6.57. The summed E-state index contributed by atoms with van der Waals surface area (Å²) in [6, 6.07) is 23.1. The zero-order valence-corrected chi connectivity index (χ0v) is 16.8. The van der Waals surface area contributed by atoms with Crippen LogP contribution in [0.25, 0.3) is 0 Å². The molecule has 1 amide bonds. The highest BCUT2D eigenvalue weighted by molar-refractivity contribution is 5.93. The summed E-state index contributed by atoms with van der Waals surface area (Å²) in [5, 5.41) is 6.06. The number of ether oxygens (including phenoxy) is 2. The molecule has 0 fully saturated rings. The molecular formula is C24H26N2O3. The van der Waals surface area contributed by atoms with E-state index >= 15 is 0 Å². The summed E-state index contributed by atoms with van der Waals surface area (Å²) >= 11 is 0. The summed E-state index contributed by atoms with van der Waals surface area (Å²) in [5.74, 6) is 1.45. The van der Waals surface area contributed by atoms with Gasteiger partial charge in [-0.25, -0.2) is 0 Å². The molecule has 29 heavy (non-hydrogen) atoms. The quantitative estimate of drug-likeness (QED) is 0.515. The molecule has 0 aromatic heterocycles. The minimum atomic E-state index is -0.101. The van der Waals surface area contributed by atoms with Gasteiger partial charge < -0.3 is 20.1 Å². The number of anilines is 2. The summed E-state index contributed by atoms with van der Waals surface area (Å²) in [7, 11) is 0. The first-order chi connectivity index (χ1) is 14.1. The van der Waals surface area contributed by atoms with Crippen LogP contribution in [-0.2, 0) is 4.79 Å². The van der Waals surface area contributed by atoms with E-state index in [9.17, 15) is 4.79 Å². The molecule has 3 aromatic rings. The summed E-state index contributed by atoms with van der Waals surface area (Å²) in [6.45, 7) is 5.16. The van der Waals surface area contributed by atoms with Crippen LogP contribution in [0, 0.1) is 13.8 Å². The van der Waals surface area contributed by atoms with Gasteiger partial charge in [0.1, 0.15) is 24.7 Å². The van der Waals surface area contributed by atoms with Crippen LogP contribution < -0.4 is 20.1 Å². The van der Waals surface area contributed by atoms with Crippen molar-refractivity contribution in [1.29, 1.82) is 0 Å². The second-order valence-corrected chi connectivity index (χ2v) is 6.75. The van der Waals surface area contributed by atoms with E-state index in [1.807, 2.05) is 80.6 Å². The van der Waals surface area contributed by atoms with Crippen LogP contribution in [-0.4, -0.2) is 25.7 Å². The normalized spacial score (nSPS) is 10.3. The van der Waals surface area contributed by atoms with Crippen LogP contribution in [0.5, 0.6) is 11.5 Å². The van der Waals surface area contributed by atoms with Gasteiger partial charge in [0.05, 0.1) is 6.54 Å². The van der Waals surface area contributed by atoms with E-state index in [1.165, 1.54) is 0 Å². The van der Waals surface area contributed by atoms with Gasteiger partial charge in [-0.15, -0.1) is 0 Å². The first-order valence-electron chi connectivity index (χ1n) is 9.62. The summed E-state index contributed by atoms with van der Waals surface area (Å²) in [4.78, 5) is 12.2. The molecule has 150 valence electrons. The van der Waals surface area contributed by atoms with Crippen LogP contribution in [0.3, 0.4) is 0 Å². The third-order valence-electron chi connectivity index (χ3n) is 4.33. The standard InChI is InChI=1S/C24H26N2O3/c1-18-8-9-19(2)23(16-18)25-17-24(27)26-20-10-12-22(13-11-20)29-15-14-28-21-6-4-3-5-7-21/h3-13,16,25H,14-15,17H2,1-2H3,(H,26,27). The van der Waals surface area contributed by atoms with E-state index < -0.39 is 0 Å². The molecule has 2 N–H and O–H groups in total. The monoisotopic (exact) mass is 390 g/mol. The Morgan fingerprint density at radius 2 is 1.48 bits per heavy atom. The first kappa shape index (κ1) is 20.3. The molecule has 5 heteroatoms. The van der Waals surface area contributed by atoms with Crippen molar-refractivity contribution in [3.8, 4) is 11.5 Å². The molecule has 0 radical (unpaired) electrons. The Bertz CT molecular complexity index is 925. The lowest BCUT2D eigenvalue weighted by Crippen LogP contribution is -2.22. The predicted octanol–water partition coefficient (Wildman–Crippen LogP) is 4.81. The highest BCUT2D eigenvalue weighted by Gasteiger charge is 2.05. The van der Waals surface area contributed by atoms with Crippen molar-refractivity contribution in [2.45, 2.75) is 13.8 Å². The molecule has 0 saturated heterocycles. The van der Waals surface area contributed by atoms with Crippen LogP contribution >= 0.6 is 0 Å². The number of carbonyl (C=O) groups is 1. The van der Waals surface area contributed by atoms with Gasteiger partial charge in [0.2, 0.25) is 5.91 Å². The zero-order valence-electron chi connectivity index (χ0n) is 16.8. The molecule has 3 rings (SSSR count). The number of benzene rings is 3. The van der Waals surface area contributed by atoms with Gasteiger partial charge in [-0.3, -0.25) is 4.79 Å². The second kappa shape index (κ2) is 10.2. The molecule has 0 heterocycles. The average molecular weight is 390 g/mol. The largest absolute Gasteiger partial charge is 0.490 e. The molecule has 0 aliphatic carbocycles. The van der Waals surface area contributed by atoms with Crippen molar-refractivity contribution >= 4 is 17.3 Å². The zero-order chi connectivity index (χ0) is 20.5. The molecule has 5 nitrogen and oxygen atoms in total. The highest BCUT2D eigenvalue weighted by Crippen LogP contribution is 2.17. The summed E-state index contributed by atoms with van der Waals surface area (Å²) in [5.41, 5.74) is 3.97. The van der Waals surface area contributed by atoms with Gasteiger partial charge >= 0.3 is 0 Å². The van der Waals surface area contributed by atoms with Gasteiger partial charge in [-0.05, 0) is 67.4 Å². The Hall–Kier alpha value is -3.47. The Balaban J connectivity index is 1.40. The SMILES string of the molecule is Cc1ccc(C)c(NCC(=O)Nc2ccc(OCCOc3ccccc3)cc2)c1. The first-order valence-corrected chi connectivity index (χ1v) is 9.62. The van der Waals surface area contributed by atoms with Crippen LogP contribution in [0.15, 0.2) is 72.8 Å². The molecular weight excluding hydrogens is 364 g/mol. The molecule has 0 aliphatic rings. The van der Waals surface area contributed by atoms with Crippen molar-refractivity contribution in [3.05, 3.63) is 83.9 Å². The minimum Gasteiger partial charge on any atom is -0.490 e. The van der Waals surface area contributed by atoms with Gasteiger partial charge in [-0.1, -0.05) is 30.3 Å². The summed E-state index contributed by atoms with van der Waals surface area (Å²) in [6.07, 6.45) is 0. The fraction of sp³-hybridized carbons (Fsp3) is 0.208. The number of amides is 1. The molecule has 3 aromatic carbocycles. The number of rotatable bonds is 9. The van der Waals surface area contributed by atoms with Crippen molar-refractivity contribution in [2.24, 2.45) is 0 Å². The maximum Gasteiger partial charge on any atom is 0.243 e. The molecule has 0 bridgehead atoms. The van der Waals surface area contributed by atoms with E-state index in [0.717, 1.165) is 34.0 Å². The fourth-order valence-corrected chi connectivity index (χ4v) is 2.78. The molecule has 0 unspecified atom stereocenters. The van der Waals surface area contributed by atoms with Crippen molar-refractivity contribution in [3.63, 3.8) is 0 Å². The average Bonchev–Trinajstić information content (AvgIpc) is 2.74. The highest BCUT2D eigenvalue weighted by atomic mass is 16.5. The molecule has 0 spiro atoms. The molecule has 0 atom stereocenters. The minimum absolute atomic E-state index is 0.101. The third-order valence-corrected chi connectivity index (χ3v) is 4.33. The van der Waals surface area contributed by atoms with Crippen molar-refractivity contribution in [1.82, 2.24) is 0 Å². The lowest BCUT2D eigenvalue weighted by Gasteiger charge is -2.11. The number of hydrogen-bond donors (Lipinski definition) is 2. The Morgan fingerprint density at radius 3 is 2.17 bits per heavy atom.